The molecule has 10 aromatic carbocycles. The summed E-state index contributed by atoms with van der Waals surface area (Å²) in [4.78, 5) is 11.0. The van der Waals surface area contributed by atoms with Crippen LogP contribution in [-0.4, -0.2) is 23.7 Å². The Hall–Kier alpha value is -8.54. The van der Waals surface area contributed by atoms with Gasteiger partial charge in [-0.25, -0.2) is 9.97 Å². The maximum Gasteiger partial charge on any atom is 0.165 e. The average molecular weight is 802 g/mol. The summed E-state index contributed by atoms with van der Waals surface area (Å²) in [6.07, 6.45) is 0. The lowest BCUT2D eigenvalue weighted by molar-refractivity contribution is 1.08. The third-order valence-electron chi connectivity index (χ3n) is 13.2. The summed E-state index contributed by atoms with van der Waals surface area (Å²) in [6, 6.07) is 76.6. The van der Waals surface area contributed by atoms with Gasteiger partial charge in [-0.05, 0) is 94.3 Å². The maximum absolute atomic E-state index is 5.55. The Morgan fingerprint density at radius 3 is 1.56 bits per heavy atom. The van der Waals surface area contributed by atoms with Gasteiger partial charge in [0.1, 0.15) is 5.69 Å². The molecule has 0 radical (unpaired) electrons. The predicted octanol–water partition coefficient (Wildman–Crippen LogP) is 14.9. The average Bonchev–Trinajstić information content (AvgIpc) is 3.99. The van der Waals surface area contributed by atoms with Crippen molar-refractivity contribution in [1.29, 1.82) is 0 Å². The fourth-order valence-electron chi connectivity index (χ4n) is 10.5. The molecule has 4 heterocycles. The Labute approximate surface area is 360 Å². The lowest BCUT2D eigenvalue weighted by atomic mass is 10.0. The van der Waals surface area contributed by atoms with E-state index in [1.54, 1.807) is 0 Å². The molecule has 14 rings (SSSR count). The van der Waals surface area contributed by atoms with Gasteiger partial charge in [0, 0.05) is 49.3 Å². The Kier molecular flexibility index (Phi) is 7.05. The van der Waals surface area contributed by atoms with E-state index >= 15 is 0 Å². The highest BCUT2D eigenvalue weighted by Gasteiger charge is 2.23. The van der Waals surface area contributed by atoms with Crippen LogP contribution in [0.25, 0.3) is 126 Å². The standard InChI is InChI=1S/C58H35N5/c1-2-16-39(17-3-1)61-49-24-12-8-20-43(49)44-30-26-38(34-54(44)61)57-58(60-48-23-11-10-22-47(48)59-57)63-51-33-29-40(35-46(51)56-42-19-7-5-15-37(42)28-32-53(56)63)62-50-25-13-9-21-45(50)55-41-18-6-4-14-36(41)27-31-52(55)62/h1-35H. The molecular formula is C58H35N5. The van der Waals surface area contributed by atoms with Gasteiger partial charge in [-0.3, -0.25) is 4.57 Å². The Morgan fingerprint density at radius 2 is 0.810 bits per heavy atom. The second kappa shape index (κ2) is 13.0. The molecule has 0 amide bonds. The molecule has 14 aromatic rings. The summed E-state index contributed by atoms with van der Waals surface area (Å²) in [5.74, 6) is 0.793. The third-order valence-corrected chi connectivity index (χ3v) is 13.2. The number of fused-ring (bicyclic) bond motifs is 14. The number of para-hydroxylation sites is 5. The second-order valence-corrected chi connectivity index (χ2v) is 16.6. The monoisotopic (exact) mass is 801 g/mol. The molecule has 4 aromatic heterocycles. The largest absolute Gasteiger partial charge is 0.309 e. The number of benzene rings is 10. The summed E-state index contributed by atoms with van der Waals surface area (Å²) in [5, 5.41) is 12.2. The van der Waals surface area contributed by atoms with E-state index in [1.165, 1.54) is 65.0 Å². The zero-order valence-electron chi connectivity index (χ0n) is 33.9. The molecule has 63 heavy (non-hydrogen) atoms. The van der Waals surface area contributed by atoms with E-state index < -0.39 is 0 Å². The van der Waals surface area contributed by atoms with Crippen molar-refractivity contribution in [2.24, 2.45) is 0 Å². The molecule has 0 atom stereocenters. The van der Waals surface area contributed by atoms with Crippen LogP contribution in [0.2, 0.25) is 0 Å². The van der Waals surface area contributed by atoms with E-state index in [0.717, 1.165) is 61.4 Å². The Balaban J connectivity index is 1.08. The first-order valence-electron chi connectivity index (χ1n) is 21.5. The lowest BCUT2D eigenvalue weighted by Crippen LogP contribution is -2.04. The van der Waals surface area contributed by atoms with Crippen molar-refractivity contribution in [2.45, 2.75) is 0 Å². The lowest BCUT2D eigenvalue weighted by Gasteiger charge is -2.15. The highest BCUT2D eigenvalue weighted by molar-refractivity contribution is 6.24. The molecule has 0 saturated heterocycles. The number of hydrogen-bond donors (Lipinski definition) is 0. The molecular weight excluding hydrogens is 767 g/mol. The molecule has 292 valence electrons. The van der Waals surface area contributed by atoms with Crippen molar-refractivity contribution < 1.29 is 0 Å². The highest BCUT2D eigenvalue weighted by atomic mass is 15.1. The molecule has 0 bridgehead atoms. The number of nitrogens with zero attached hydrogens (tertiary/aromatic N) is 5. The van der Waals surface area contributed by atoms with Gasteiger partial charge < -0.3 is 9.13 Å². The van der Waals surface area contributed by atoms with Gasteiger partial charge in [-0.1, -0.05) is 140 Å². The molecule has 0 spiro atoms. The molecule has 0 aliphatic rings. The van der Waals surface area contributed by atoms with Crippen LogP contribution in [-0.2, 0) is 0 Å². The van der Waals surface area contributed by atoms with Crippen LogP contribution < -0.4 is 0 Å². The molecule has 0 aliphatic heterocycles. The van der Waals surface area contributed by atoms with E-state index in [4.69, 9.17) is 9.97 Å². The van der Waals surface area contributed by atoms with Gasteiger partial charge in [0.05, 0.1) is 44.1 Å². The molecule has 0 unspecified atom stereocenters. The molecule has 0 aliphatic carbocycles. The zero-order valence-corrected chi connectivity index (χ0v) is 33.9. The van der Waals surface area contributed by atoms with E-state index in [2.05, 4.69) is 214 Å². The van der Waals surface area contributed by atoms with Crippen LogP contribution in [0.4, 0.5) is 0 Å². The molecule has 0 N–H and O–H groups in total. The first-order valence-corrected chi connectivity index (χ1v) is 21.5. The molecule has 0 fully saturated rings. The molecule has 5 heteroatoms. The Bertz CT molecular complexity index is 4210. The van der Waals surface area contributed by atoms with E-state index in [9.17, 15) is 0 Å². The van der Waals surface area contributed by atoms with Crippen molar-refractivity contribution in [3.63, 3.8) is 0 Å². The smallest absolute Gasteiger partial charge is 0.165 e. The van der Waals surface area contributed by atoms with Crippen molar-refractivity contribution in [3.05, 3.63) is 212 Å². The maximum atomic E-state index is 5.55. The topological polar surface area (TPSA) is 40.6 Å². The summed E-state index contributed by atoms with van der Waals surface area (Å²) in [6.45, 7) is 0. The molecule has 0 saturated carbocycles. The van der Waals surface area contributed by atoms with Gasteiger partial charge in [0.15, 0.2) is 5.82 Å². The SMILES string of the molecule is c1ccc(-n2c3ccccc3c3ccc(-c4nc5ccccc5nc4-n4c5ccc(-n6c7ccccc7c7c8ccccc8ccc76)cc5c5c6ccccc6ccc54)cc32)cc1. The quantitative estimate of drug-likeness (QED) is 0.178. The van der Waals surface area contributed by atoms with Gasteiger partial charge >= 0.3 is 0 Å². The highest BCUT2D eigenvalue weighted by Crippen LogP contribution is 2.43. The fraction of sp³-hybridized carbons (Fsp3) is 0. The first-order chi connectivity index (χ1) is 31.3. The minimum atomic E-state index is 0.793. The summed E-state index contributed by atoms with van der Waals surface area (Å²) >= 11 is 0. The van der Waals surface area contributed by atoms with Crippen LogP contribution in [0.3, 0.4) is 0 Å². The first kappa shape index (κ1) is 34.2. The normalized spacial score (nSPS) is 12.1. The number of rotatable bonds is 4. The van der Waals surface area contributed by atoms with Crippen LogP contribution >= 0.6 is 0 Å². The van der Waals surface area contributed by atoms with Crippen LogP contribution in [0.5, 0.6) is 0 Å². The number of aromatic nitrogens is 5. The van der Waals surface area contributed by atoms with Gasteiger partial charge in [0.25, 0.3) is 0 Å². The van der Waals surface area contributed by atoms with Crippen LogP contribution in [0.15, 0.2) is 212 Å². The van der Waals surface area contributed by atoms with E-state index in [1.807, 2.05) is 12.1 Å². The summed E-state index contributed by atoms with van der Waals surface area (Å²) < 4.78 is 7.16. The van der Waals surface area contributed by atoms with Gasteiger partial charge in [-0.2, -0.15) is 0 Å². The van der Waals surface area contributed by atoms with E-state index in [0.29, 0.717) is 0 Å². The predicted molar refractivity (Wildman–Crippen MR) is 263 cm³/mol. The third kappa shape index (κ3) is 4.87. The van der Waals surface area contributed by atoms with Gasteiger partial charge in [0.2, 0.25) is 0 Å². The fourth-order valence-corrected chi connectivity index (χ4v) is 10.5. The van der Waals surface area contributed by atoms with Crippen molar-refractivity contribution in [2.75, 3.05) is 0 Å². The van der Waals surface area contributed by atoms with E-state index in [-0.39, 0.29) is 0 Å². The van der Waals surface area contributed by atoms with Crippen molar-refractivity contribution in [3.8, 4) is 28.5 Å². The minimum absolute atomic E-state index is 0.793. The zero-order chi connectivity index (χ0) is 41.2. The van der Waals surface area contributed by atoms with Crippen molar-refractivity contribution >= 4 is 98.0 Å². The van der Waals surface area contributed by atoms with Crippen LogP contribution in [0.1, 0.15) is 0 Å². The summed E-state index contributed by atoms with van der Waals surface area (Å²) in [5.41, 5.74) is 12.6. The van der Waals surface area contributed by atoms with Crippen LogP contribution in [0, 0.1) is 0 Å². The van der Waals surface area contributed by atoms with Crippen molar-refractivity contribution in [1.82, 2.24) is 23.7 Å². The summed E-state index contributed by atoms with van der Waals surface area (Å²) in [7, 11) is 0. The second-order valence-electron chi connectivity index (χ2n) is 16.6. The minimum Gasteiger partial charge on any atom is -0.309 e. The number of hydrogen-bond acceptors (Lipinski definition) is 2. The molecule has 5 nitrogen and oxygen atoms in total. The Morgan fingerprint density at radius 1 is 0.286 bits per heavy atom. The van der Waals surface area contributed by atoms with Gasteiger partial charge in [-0.15, -0.1) is 0 Å².